The van der Waals surface area contributed by atoms with E-state index in [2.05, 4.69) is 0 Å². The van der Waals surface area contributed by atoms with E-state index in [1.54, 1.807) is 39.3 Å². The third-order valence-electron chi connectivity index (χ3n) is 2.65. The molecule has 0 saturated carbocycles. The first-order chi connectivity index (χ1) is 8.39. The van der Waals surface area contributed by atoms with Crippen molar-refractivity contribution >= 4 is 21.6 Å². The highest BCUT2D eigenvalue weighted by atomic mass is 35.5. The Balaban J connectivity index is 2.91. The Morgan fingerprint density at radius 1 is 1.39 bits per heavy atom. The predicted molar refractivity (Wildman–Crippen MR) is 72.5 cm³/mol. The third kappa shape index (κ3) is 3.68. The molecule has 0 bridgehead atoms. The molecule has 0 fully saturated rings. The van der Waals surface area contributed by atoms with Gasteiger partial charge >= 0.3 is 0 Å². The molecular formula is C12H18ClNO3S. The van der Waals surface area contributed by atoms with Gasteiger partial charge in [0, 0.05) is 32.3 Å². The van der Waals surface area contributed by atoms with Crippen molar-refractivity contribution in [3.8, 4) is 0 Å². The van der Waals surface area contributed by atoms with Gasteiger partial charge in [-0.3, -0.25) is 0 Å². The van der Waals surface area contributed by atoms with Crippen molar-refractivity contribution in [1.82, 2.24) is 4.31 Å². The highest BCUT2D eigenvalue weighted by molar-refractivity contribution is 7.89. The van der Waals surface area contributed by atoms with Gasteiger partial charge in [0.1, 0.15) is 0 Å². The summed E-state index contributed by atoms with van der Waals surface area (Å²) in [5.41, 5.74) is 0.654. The molecule has 18 heavy (non-hydrogen) atoms. The van der Waals surface area contributed by atoms with Gasteiger partial charge in [0.2, 0.25) is 10.0 Å². The van der Waals surface area contributed by atoms with E-state index < -0.39 is 10.0 Å². The molecule has 0 heterocycles. The number of aryl methyl sites for hydroxylation is 1. The Morgan fingerprint density at radius 2 is 2.06 bits per heavy atom. The Labute approximate surface area is 114 Å². The van der Waals surface area contributed by atoms with Gasteiger partial charge in [-0.05, 0) is 37.1 Å². The molecule has 0 N–H and O–H groups in total. The second-order valence-electron chi connectivity index (χ2n) is 4.08. The molecule has 0 radical (unpaired) electrons. The van der Waals surface area contributed by atoms with Crippen LogP contribution in [0.1, 0.15) is 12.0 Å². The van der Waals surface area contributed by atoms with Gasteiger partial charge < -0.3 is 4.74 Å². The van der Waals surface area contributed by atoms with Crippen LogP contribution in [0.4, 0.5) is 0 Å². The van der Waals surface area contributed by atoms with E-state index >= 15 is 0 Å². The van der Waals surface area contributed by atoms with Gasteiger partial charge in [-0.25, -0.2) is 12.7 Å². The molecule has 0 aliphatic heterocycles. The van der Waals surface area contributed by atoms with Crippen molar-refractivity contribution in [2.75, 3.05) is 27.3 Å². The van der Waals surface area contributed by atoms with E-state index in [4.69, 9.17) is 16.3 Å². The maximum Gasteiger partial charge on any atom is 0.243 e. The van der Waals surface area contributed by atoms with Crippen LogP contribution < -0.4 is 0 Å². The first-order valence-electron chi connectivity index (χ1n) is 5.61. The van der Waals surface area contributed by atoms with E-state index in [1.807, 2.05) is 0 Å². The normalized spacial score (nSPS) is 12.1. The zero-order valence-corrected chi connectivity index (χ0v) is 12.4. The van der Waals surface area contributed by atoms with Gasteiger partial charge in [0.15, 0.2) is 0 Å². The van der Waals surface area contributed by atoms with Crippen LogP contribution in [-0.4, -0.2) is 40.0 Å². The van der Waals surface area contributed by atoms with Crippen molar-refractivity contribution in [3.63, 3.8) is 0 Å². The number of nitrogens with zero attached hydrogens (tertiary/aromatic N) is 1. The zero-order valence-electron chi connectivity index (χ0n) is 10.8. The number of hydrogen-bond donors (Lipinski definition) is 0. The molecule has 0 aliphatic carbocycles. The lowest BCUT2D eigenvalue weighted by atomic mass is 10.2. The molecule has 1 aromatic carbocycles. The lowest BCUT2D eigenvalue weighted by Gasteiger charge is -2.18. The number of sulfonamides is 1. The lowest BCUT2D eigenvalue weighted by Crippen LogP contribution is -2.29. The lowest BCUT2D eigenvalue weighted by molar-refractivity contribution is 0.189. The summed E-state index contributed by atoms with van der Waals surface area (Å²) in [4.78, 5) is 0.298. The minimum Gasteiger partial charge on any atom is -0.385 e. The van der Waals surface area contributed by atoms with Crippen LogP contribution in [0.2, 0.25) is 5.02 Å². The first kappa shape index (κ1) is 15.4. The fourth-order valence-corrected chi connectivity index (χ4v) is 3.26. The van der Waals surface area contributed by atoms with Gasteiger partial charge in [-0.15, -0.1) is 0 Å². The Bertz CT molecular complexity index is 502. The molecule has 0 amide bonds. The number of rotatable bonds is 6. The van der Waals surface area contributed by atoms with Crippen LogP contribution in [0.25, 0.3) is 0 Å². The predicted octanol–water partition coefficient (Wildman–Crippen LogP) is 2.31. The quantitative estimate of drug-likeness (QED) is 0.756. The van der Waals surface area contributed by atoms with E-state index in [0.29, 0.717) is 35.1 Å². The molecular weight excluding hydrogens is 274 g/mol. The Kier molecular flexibility index (Phi) is 5.59. The second-order valence-corrected chi connectivity index (χ2v) is 6.53. The zero-order chi connectivity index (χ0) is 13.8. The van der Waals surface area contributed by atoms with E-state index in [9.17, 15) is 8.42 Å². The van der Waals surface area contributed by atoms with Crippen LogP contribution in [-0.2, 0) is 14.8 Å². The fourth-order valence-electron chi connectivity index (χ4n) is 1.62. The Hall–Kier alpha value is -0.620. The molecule has 4 nitrogen and oxygen atoms in total. The average molecular weight is 292 g/mol. The fraction of sp³-hybridized carbons (Fsp3) is 0.500. The van der Waals surface area contributed by atoms with Crippen molar-refractivity contribution in [1.29, 1.82) is 0 Å². The Morgan fingerprint density at radius 3 is 2.61 bits per heavy atom. The molecule has 0 atom stereocenters. The number of benzene rings is 1. The summed E-state index contributed by atoms with van der Waals surface area (Å²) in [6.45, 7) is 2.71. The number of ether oxygens (including phenoxy) is 1. The SMILES string of the molecule is COCCCN(C)S(=O)(=O)c1ccc(Cl)cc1C. The maximum atomic E-state index is 12.3. The van der Waals surface area contributed by atoms with Crippen LogP contribution in [0.3, 0.4) is 0 Å². The molecule has 1 aromatic rings. The van der Waals surface area contributed by atoms with E-state index in [1.165, 1.54) is 4.31 Å². The molecule has 1 rings (SSSR count). The van der Waals surface area contributed by atoms with Crippen molar-refractivity contribution < 1.29 is 13.2 Å². The summed E-state index contributed by atoms with van der Waals surface area (Å²) >= 11 is 5.82. The van der Waals surface area contributed by atoms with Gasteiger partial charge in [-0.1, -0.05) is 11.6 Å². The number of halogens is 1. The maximum absolute atomic E-state index is 12.3. The van der Waals surface area contributed by atoms with Crippen molar-refractivity contribution in [2.24, 2.45) is 0 Å². The summed E-state index contributed by atoms with van der Waals surface area (Å²) in [6, 6.07) is 4.78. The number of hydrogen-bond acceptors (Lipinski definition) is 3. The van der Waals surface area contributed by atoms with Crippen LogP contribution in [0.15, 0.2) is 23.1 Å². The van der Waals surface area contributed by atoms with E-state index in [-0.39, 0.29) is 0 Å². The highest BCUT2D eigenvalue weighted by Crippen LogP contribution is 2.22. The van der Waals surface area contributed by atoms with Crippen LogP contribution in [0, 0.1) is 6.92 Å². The monoisotopic (exact) mass is 291 g/mol. The summed E-state index contributed by atoms with van der Waals surface area (Å²) in [7, 11) is -0.284. The first-order valence-corrected chi connectivity index (χ1v) is 7.43. The van der Waals surface area contributed by atoms with Gasteiger partial charge in [-0.2, -0.15) is 0 Å². The molecule has 0 spiro atoms. The molecule has 0 unspecified atom stereocenters. The standard InChI is InChI=1S/C12H18ClNO3S/c1-10-9-11(13)5-6-12(10)18(15,16)14(2)7-4-8-17-3/h5-6,9H,4,7-8H2,1-3H3. The minimum atomic E-state index is -3.45. The third-order valence-corrected chi connectivity index (χ3v) is 4.90. The van der Waals surface area contributed by atoms with Crippen LogP contribution in [0.5, 0.6) is 0 Å². The van der Waals surface area contributed by atoms with Crippen molar-refractivity contribution in [3.05, 3.63) is 28.8 Å². The minimum absolute atomic E-state index is 0.298. The summed E-state index contributed by atoms with van der Waals surface area (Å²) < 4.78 is 30.8. The molecule has 0 aliphatic rings. The van der Waals surface area contributed by atoms with E-state index in [0.717, 1.165) is 0 Å². The largest absolute Gasteiger partial charge is 0.385 e. The van der Waals surface area contributed by atoms with Gasteiger partial charge in [0.25, 0.3) is 0 Å². The van der Waals surface area contributed by atoms with Crippen LogP contribution >= 0.6 is 11.6 Å². The summed E-state index contributed by atoms with van der Waals surface area (Å²) in [6.07, 6.45) is 0.666. The molecule has 6 heteroatoms. The topological polar surface area (TPSA) is 46.6 Å². The van der Waals surface area contributed by atoms with Crippen molar-refractivity contribution in [2.45, 2.75) is 18.2 Å². The molecule has 0 saturated heterocycles. The molecule has 0 aromatic heterocycles. The molecule has 102 valence electrons. The van der Waals surface area contributed by atoms with Gasteiger partial charge in [0.05, 0.1) is 4.90 Å². The summed E-state index contributed by atoms with van der Waals surface area (Å²) in [5, 5.41) is 0.536. The second kappa shape index (κ2) is 6.52. The average Bonchev–Trinajstić information content (AvgIpc) is 2.28. The smallest absolute Gasteiger partial charge is 0.243 e. The number of methoxy groups -OCH3 is 1. The summed E-state index contributed by atoms with van der Waals surface area (Å²) in [5.74, 6) is 0. The highest BCUT2D eigenvalue weighted by Gasteiger charge is 2.22.